The van der Waals surface area contributed by atoms with Crippen LogP contribution in [-0.2, 0) is 4.74 Å². The number of ether oxygens (including phenoxy) is 1. The largest absolute Gasteiger partial charge is 0.379 e. The van der Waals surface area contributed by atoms with Crippen LogP contribution in [-0.4, -0.2) is 56.0 Å². The zero-order chi connectivity index (χ0) is 17.6. The minimum absolute atomic E-state index is 0.0412. The Morgan fingerprint density at radius 1 is 1.20 bits per heavy atom. The summed E-state index contributed by atoms with van der Waals surface area (Å²) in [6.45, 7) is 6.40. The molecule has 1 aliphatic heterocycles. The van der Waals surface area contributed by atoms with E-state index in [0.717, 1.165) is 43.3 Å². The van der Waals surface area contributed by atoms with Crippen LogP contribution in [0.2, 0.25) is 0 Å². The lowest BCUT2D eigenvalue weighted by Crippen LogP contribution is -2.41. The molecule has 1 saturated heterocycles. The Balaban J connectivity index is 1.57. The summed E-state index contributed by atoms with van der Waals surface area (Å²) in [6, 6.07) is 11.3. The summed E-state index contributed by atoms with van der Waals surface area (Å²) in [5.41, 5.74) is 1.65. The van der Waals surface area contributed by atoms with Crippen molar-refractivity contribution in [2.24, 2.45) is 0 Å². The predicted octanol–water partition coefficient (Wildman–Crippen LogP) is 2.68. The second kappa shape index (κ2) is 8.38. The Bertz CT molecular complexity index is 751. The highest BCUT2D eigenvalue weighted by Gasteiger charge is 2.13. The SMILES string of the molecule is CC(=O)c1cccc(-c2ccc(C(=O)NCCN3CCOCC3)s2)c1. The lowest BCUT2D eigenvalue weighted by Gasteiger charge is -2.26. The number of hydrogen-bond donors (Lipinski definition) is 1. The van der Waals surface area contributed by atoms with Gasteiger partial charge < -0.3 is 10.1 Å². The minimum Gasteiger partial charge on any atom is -0.379 e. The van der Waals surface area contributed by atoms with Crippen molar-refractivity contribution in [3.8, 4) is 10.4 Å². The Hall–Kier alpha value is -2.02. The first kappa shape index (κ1) is 17.8. The van der Waals surface area contributed by atoms with Crippen LogP contribution in [0.3, 0.4) is 0 Å². The summed E-state index contributed by atoms with van der Waals surface area (Å²) in [4.78, 5) is 27.8. The van der Waals surface area contributed by atoms with Gasteiger partial charge in [-0.1, -0.05) is 18.2 Å². The van der Waals surface area contributed by atoms with Gasteiger partial charge in [0.15, 0.2) is 5.78 Å². The van der Waals surface area contributed by atoms with E-state index in [1.807, 2.05) is 30.3 Å². The number of carbonyl (C=O) groups excluding carboxylic acids is 2. The second-order valence-electron chi connectivity index (χ2n) is 6.01. The quantitative estimate of drug-likeness (QED) is 0.807. The Labute approximate surface area is 151 Å². The van der Waals surface area contributed by atoms with E-state index in [4.69, 9.17) is 4.74 Å². The summed E-state index contributed by atoms with van der Waals surface area (Å²) in [7, 11) is 0. The van der Waals surface area contributed by atoms with E-state index in [1.165, 1.54) is 11.3 Å². The topological polar surface area (TPSA) is 58.6 Å². The average molecular weight is 358 g/mol. The highest BCUT2D eigenvalue weighted by Crippen LogP contribution is 2.28. The van der Waals surface area contributed by atoms with Crippen LogP contribution in [0.4, 0.5) is 0 Å². The fraction of sp³-hybridized carbons (Fsp3) is 0.368. The molecule has 1 amide bonds. The van der Waals surface area contributed by atoms with E-state index in [0.29, 0.717) is 17.0 Å². The normalized spacial score (nSPS) is 15.1. The van der Waals surface area contributed by atoms with Gasteiger partial charge in [-0.3, -0.25) is 14.5 Å². The average Bonchev–Trinajstić information content (AvgIpc) is 3.13. The molecule has 0 unspecified atom stereocenters. The number of ketones is 1. The minimum atomic E-state index is -0.0489. The second-order valence-corrected chi connectivity index (χ2v) is 7.09. The van der Waals surface area contributed by atoms with Gasteiger partial charge in [0.1, 0.15) is 0 Å². The number of carbonyl (C=O) groups is 2. The first-order valence-electron chi connectivity index (χ1n) is 8.43. The van der Waals surface area contributed by atoms with Gasteiger partial charge >= 0.3 is 0 Å². The predicted molar refractivity (Wildman–Crippen MR) is 99.4 cm³/mol. The van der Waals surface area contributed by atoms with Crippen LogP contribution >= 0.6 is 11.3 Å². The molecule has 3 rings (SSSR count). The van der Waals surface area contributed by atoms with Crippen molar-refractivity contribution in [3.05, 3.63) is 46.8 Å². The molecule has 5 nitrogen and oxygen atoms in total. The van der Waals surface area contributed by atoms with E-state index in [2.05, 4.69) is 10.2 Å². The molecule has 0 spiro atoms. The summed E-state index contributed by atoms with van der Waals surface area (Å²) in [5, 5.41) is 2.98. The van der Waals surface area contributed by atoms with Crippen molar-refractivity contribution < 1.29 is 14.3 Å². The number of thiophene rings is 1. The fourth-order valence-corrected chi connectivity index (χ4v) is 3.66. The molecule has 25 heavy (non-hydrogen) atoms. The molecule has 1 aromatic heterocycles. The molecule has 0 bridgehead atoms. The molecule has 0 atom stereocenters. The van der Waals surface area contributed by atoms with Gasteiger partial charge in [0.25, 0.3) is 5.91 Å². The molecule has 2 aromatic rings. The molecule has 1 N–H and O–H groups in total. The van der Waals surface area contributed by atoms with Crippen molar-refractivity contribution in [2.75, 3.05) is 39.4 Å². The van der Waals surface area contributed by atoms with E-state index in [-0.39, 0.29) is 11.7 Å². The number of hydrogen-bond acceptors (Lipinski definition) is 5. The van der Waals surface area contributed by atoms with Crippen molar-refractivity contribution in [1.29, 1.82) is 0 Å². The lowest BCUT2D eigenvalue weighted by atomic mass is 10.1. The number of morpholine rings is 1. The zero-order valence-electron chi connectivity index (χ0n) is 14.3. The molecule has 6 heteroatoms. The van der Waals surface area contributed by atoms with Crippen LogP contribution in [0.25, 0.3) is 10.4 Å². The molecule has 1 aliphatic rings. The zero-order valence-corrected chi connectivity index (χ0v) is 15.1. The van der Waals surface area contributed by atoms with E-state index >= 15 is 0 Å². The lowest BCUT2D eigenvalue weighted by molar-refractivity contribution is 0.0383. The van der Waals surface area contributed by atoms with Crippen LogP contribution in [0.5, 0.6) is 0 Å². The van der Waals surface area contributed by atoms with Crippen LogP contribution in [0, 0.1) is 0 Å². The van der Waals surface area contributed by atoms with Gasteiger partial charge in [-0.25, -0.2) is 0 Å². The summed E-state index contributed by atoms with van der Waals surface area (Å²) < 4.78 is 5.32. The van der Waals surface area contributed by atoms with Crippen LogP contribution in [0.1, 0.15) is 27.0 Å². The Kier molecular flexibility index (Phi) is 5.96. The van der Waals surface area contributed by atoms with Gasteiger partial charge in [0.05, 0.1) is 18.1 Å². The molecule has 132 valence electrons. The number of rotatable bonds is 6. The van der Waals surface area contributed by atoms with Gasteiger partial charge in [-0.05, 0) is 30.7 Å². The third-order valence-corrected chi connectivity index (χ3v) is 5.33. The molecule has 0 radical (unpaired) electrons. The van der Waals surface area contributed by atoms with E-state index < -0.39 is 0 Å². The number of amides is 1. The highest BCUT2D eigenvalue weighted by atomic mass is 32.1. The third kappa shape index (κ3) is 4.75. The molecule has 0 saturated carbocycles. The molecule has 1 fully saturated rings. The first-order chi connectivity index (χ1) is 12.1. The maximum Gasteiger partial charge on any atom is 0.261 e. The maximum absolute atomic E-state index is 12.3. The molecular formula is C19H22N2O3S. The summed E-state index contributed by atoms with van der Waals surface area (Å²) >= 11 is 1.44. The molecule has 0 aliphatic carbocycles. The van der Waals surface area contributed by atoms with Gasteiger partial charge in [-0.2, -0.15) is 0 Å². The summed E-state index contributed by atoms with van der Waals surface area (Å²) in [6.07, 6.45) is 0. The Morgan fingerprint density at radius 2 is 2.00 bits per heavy atom. The molecular weight excluding hydrogens is 336 g/mol. The van der Waals surface area contributed by atoms with Gasteiger partial charge in [-0.15, -0.1) is 11.3 Å². The fourth-order valence-electron chi connectivity index (χ4n) is 2.75. The number of nitrogens with one attached hydrogen (secondary N) is 1. The Morgan fingerprint density at radius 3 is 2.76 bits per heavy atom. The van der Waals surface area contributed by atoms with Crippen molar-refractivity contribution in [2.45, 2.75) is 6.92 Å². The first-order valence-corrected chi connectivity index (χ1v) is 9.24. The molecule has 1 aromatic carbocycles. The van der Waals surface area contributed by atoms with Gasteiger partial charge in [0.2, 0.25) is 0 Å². The maximum atomic E-state index is 12.3. The van der Waals surface area contributed by atoms with Crippen molar-refractivity contribution >= 4 is 23.0 Å². The van der Waals surface area contributed by atoms with E-state index in [9.17, 15) is 9.59 Å². The number of nitrogens with zero attached hydrogens (tertiary/aromatic N) is 1. The van der Waals surface area contributed by atoms with Crippen LogP contribution in [0.15, 0.2) is 36.4 Å². The van der Waals surface area contributed by atoms with Crippen LogP contribution < -0.4 is 5.32 Å². The third-order valence-electron chi connectivity index (χ3n) is 4.20. The summed E-state index contributed by atoms with van der Waals surface area (Å²) in [5.74, 6) is -0.00767. The highest BCUT2D eigenvalue weighted by molar-refractivity contribution is 7.17. The number of benzene rings is 1. The van der Waals surface area contributed by atoms with Crippen molar-refractivity contribution in [3.63, 3.8) is 0 Å². The van der Waals surface area contributed by atoms with Gasteiger partial charge in [0, 0.05) is 36.6 Å². The van der Waals surface area contributed by atoms with E-state index in [1.54, 1.807) is 13.0 Å². The molecule has 2 heterocycles. The smallest absolute Gasteiger partial charge is 0.261 e. The van der Waals surface area contributed by atoms with Crippen molar-refractivity contribution in [1.82, 2.24) is 10.2 Å². The monoisotopic (exact) mass is 358 g/mol. The standard InChI is InChI=1S/C19H22N2O3S/c1-14(22)15-3-2-4-16(13-15)17-5-6-18(25-17)19(23)20-7-8-21-9-11-24-12-10-21/h2-6,13H,7-12H2,1H3,(H,20,23). The number of Topliss-reactive ketones (excluding diaryl/α,β-unsaturated/α-hetero) is 1.